The third kappa shape index (κ3) is 26.2. The van der Waals surface area contributed by atoms with Crippen LogP contribution in [0.15, 0.2) is 12.2 Å². The van der Waals surface area contributed by atoms with Crippen LogP contribution < -0.4 is 0 Å². The molecule has 0 aromatic heterocycles. The summed E-state index contributed by atoms with van der Waals surface area (Å²) in [4.78, 5) is 10.4. The Morgan fingerprint density at radius 3 is 1.40 bits per heavy atom. The largest absolute Gasteiger partial charge is 0.481 e. The van der Waals surface area contributed by atoms with E-state index < -0.39 is 5.97 Å². The van der Waals surface area contributed by atoms with Gasteiger partial charge >= 0.3 is 5.97 Å². The minimum absolute atomic E-state index is 0. The number of hydrogen-bond donors (Lipinski definition) is 1. The van der Waals surface area contributed by atoms with Gasteiger partial charge in [-0.3, -0.25) is 4.79 Å². The molecule has 0 unspecified atom stereocenters. The molecule has 0 amide bonds. The fourth-order valence-electron chi connectivity index (χ4n) is 3.05. The summed E-state index contributed by atoms with van der Waals surface area (Å²) in [6.07, 6.45) is 27.1. The smallest absolute Gasteiger partial charge is 0.303 e. The normalized spacial score (nSPS) is 10.9. The molecule has 2 nitrogen and oxygen atoms in total. The number of hydrogen-bond acceptors (Lipinski definition) is 1. The average Bonchev–Trinajstić information content (AvgIpc) is 2.56. The Kier molecular flexibility index (Phi) is 25.8. The van der Waals surface area contributed by atoms with Gasteiger partial charge in [0.2, 0.25) is 0 Å². The summed E-state index contributed by atoms with van der Waals surface area (Å²) in [5, 5.41) is 8.55. The third-order valence-electron chi connectivity index (χ3n) is 4.65. The SMILES string of the molecule is CCCCCCCCCC/C=C\CCCCCCCCCC(=O)O.[Zn]. The van der Waals surface area contributed by atoms with Gasteiger partial charge < -0.3 is 5.11 Å². The molecule has 0 saturated heterocycles. The van der Waals surface area contributed by atoms with Crippen molar-refractivity contribution in [2.75, 3.05) is 0 Å². The zero-order valence-corrected chi connectivity index (χ0v) is 19.9. The predicted octanol–water partition coefficient (Wildman–Crippen LogP) is 7.67. The Hall–Kier alpha value is -0.167. The Balaban J connectivity index is 0. The number of carbonyl (C=O) groups is 1. The van der Waals surface area contributed by atoms with Gasteiger partial charge in [0, 0.05) is 25.9 Å². The van der Waals surface area contributed by atoms with Gasteiger partial charge in [0.05, 0.1) is 0 Å². The van der Waals surface area contributed by atoms with Crippen LogP contribution >= 0.6 is 0 Å². The zero-order valence-electron chi connectivity index (χ0n) is 16.9. The number of aliphatic carboxylic acids is 1. The van der Waals surface area contributed by atoms with Gasteiger partial charge in [0.25, 0.3) is 0 Å². The van der Waals surface area contributed by atoms with E-state index in [0.717, 1.165) is 12.8 Å². The number of allylic oxidation sites excluding steroid dienone is 2. The molecule has 0 aliphatic rings. The molecule has 0 radical (unpaired) electrons. The molecular weight excluding hydrogens is 362 g/mol. The van der Waals surface area contributed by atoms with Crippen molar-refractivity contribution < 1.29 is 29.4 Å². The van der Waals surface area contributed by atoms with E-state index in [4.69, 9.17) is 5.11 Å². The molecule has 0 fully saturated rings. The van der Waals surface area contributed by atoms with Crippen molar-refractivity contribution in [3.8, 4) is 0 Å². The van der Waals surface area contributed by atoms with Crippen LogP contribution in [0.3, 0.4) is 0 Å². The van der Waals surface area contributed by atoms with E-state index in [9.17, 15) is 4.79 Å². The quantitative estimate of drug-likeness (QED) is 0.136. The summed E-state index contributed by atoms with van der Waals surface area (Å²) in [6.45, 7) is 2.28. The van der Waals surface area contributed by atoms with Crippen molar-refractivity contribution in [1.82, 2.24) is 0 Å². The number of carboxylic acid groups (broad SMARTS) is 1. The van der Waals surface area contributed by atoms with Crippen LogP contribution in [0.25, 0.3) is 0 Å². The molecule has 0 rings (SSSR count). The first-order valence-electron chi connectivity index (χ1n) is 10.6. The van der Waals surface area contributed by atoms with E-state index in [-0.39, 0.29) is 19.5 Å². The summed E-state index contributed by atoms with van der Waals surface area (Å²) in [5.74, 6) is -0.659. The molecule has 0 heterocycles. The summed E-state index contributed by atoms with van der Waals surface area (Å²) < 4.78 is 0. The molecule has 3 heteroatoms. The van der Waals surface area contributed by atoms with Crippen LogP contribution in [0.5, 0.6) is 0 Å². The Morgan fingerprint density at radius 2 is 1.00 bits per heavy atom. The minimum Gasteiger partial charge on any atom is -0.481 e. The van der Waals surface area contributed by atoms with Crippen molar-refractivity contribution >= 4 is 5.97 Å². The van der Waals surface area contributed by atoms with Gasteiger partial charge in [-0.25, -0.2) is 0 Å². The van der Waals surface area contributed by atoms with Crippen molar-refractivity contribution in [3.05, 3.63) is 12.2 Å². The van der Waals surface area contributed by atoms with E-state index in [1.165, 1.54) is 96.3 Å². The van der Waals surface area contributed by atoms with E-state index in [1.807, 2.05) is 0 Å². The summed E-state index contributed by atoms with van der Waals surface area (Å²) in [7, 11) is 0. The van der Waals surface area contributed by atoms with E-state index in [1.54, 1.807) is 0 Å². The van der Waals surface area contributed by atoms with Crippen molar-refractivity contribution in [2.45, 2.75) is 122 Å². The maximum Gasteiger partial charge on any atom is 0.303 e. The molecule has 0 aliphatic heterocycles. The van der Waals surface area contributed by atoms with Crippen LogP contribution in [0.4, 0.5) is 0 Å². The van der Waals surface area contributed by atoms with Crippen molar-refractivity contribution in [1.29, 1.82) is 0 Å². The van der Waals surface area contributed by atoms with Gasteiger partial charge in [0.1, 0.15) is 0 Å². The Bertz CT molecular complexity index is 290. The van der Waals surface area contributed by atoms with Gasteiger partial charge in [-0.05, 0) is 32.1 Å². The first kappa shape index (κ1) is 27.1. The predicted molar refractivity (Wildman–Crippen MR) is 106 cm³/mol. The van der Waals surface area contributed by atoms with E-state index >= 15 is 0 Å². The third-order valence-corrected chi connectivity index (χ3v) is 4.65. The first-order chi connectivity index (χ1) is 11.8. The zero-order chi connectivity index (χ0) is 17.7. The van der Waals surface area contributed by atoms with Gasteiger partial charge in [-0.2, -0.15) is 0 Å². The van der Waals surface area contributed by atoms with Crippen LogP contribution in [0.2, 0.25) is 0 Å². The van der Waals surface area contributed by atoms with E-state index in [0.29, 0.717) is 6.42 Å². The molecule has 0 spiro atoms. The average molecular weight is 404 g/mol. The van der Waals surface area contributed by atoms with Gasteiger partial charge in [-0.1, -0.05) is 96.1 Å². The monoisotopic (exact) mass is 402 g/mol. The summed E-state index contributed by atoms with van der Waals surface area (Å²) in [6, 6.07) is 0. The molecule has 0 aromatic carbocycles. The fourth-order valence-corrected chi connectivity index (χ4v) is 3.05. The van der Waals surface area contributed by atoms with Crippen LogP contribution in [0, 0.1) is 0 Å². The molecule has 0 aliphatic carbocycles. The molecule has 1 N–H and O–H groups in total. The van der Waals surface area contributed by atoms with Crippen molar-refractivity contribution in [2.24, 2.45) is 0 Å². The molecule has 0 saturated carbocycles. The Labute approximate surface area is 170 Å². The minimum atomic E-state index is -0.659. The molecule has 144 valence electrons. The van der Waals surface area contributed by atoms with Gasteiger partial charge in [-0.15, -0.1) is 0 Å². The molecule has 0 bridgehead atoms. The fraction of sp³-hybridized carbons (Fsp3) is 0.864. The number of carboxylic acids is 1. The molecule has 0 aromatic rings. The Morgan fingerprint density at radius 1 is 0.640 bits per heavy atom. The molecule has 0 atom stereocenters. The maximum atomic E-state index is 10.4. The molecular formula is C22H42O2Zn. The van der Waals surface area contributed by atoms with Crippen LogP contribution in [0.1, 0.15) is 122 Å². The van der Waals surface area contributed by atoms with Crippen molar-refractivity contribution in [3.63, 3.8) is 0 Å². The number of unbranched alkanes of at least 4 members (excludes halogenated alkanes) is 15. The standard InChI is InChI=1S/C22H42O2.Zn/c1-2-3-4-5-6-7-8-9-10-11-12-13-14-15-16-17-18-19-20-21-22(23)24;/h11-12H,2-10,13-21H2,1H3,(H,23,24);/b12-11-;. The second kappa shape index (κ2) is 23.8. The topological polar surface area (TPSA) is 37.3 Å². The van der Waals surface area contributed by atoms with Crippen LogP contribution in [-0.2, 0) is 24.3 Å². The second-order valence-electron chi connectivity index (χ2n) is 7.14. The van der Waals surface area contributed by atoms with Gasteiger partial charge in [0.15, 0.2) is 0 Å². The molecule has 25 heavy (non-hydrogen) atoms. The number of rotatable bonds is 19. The maximum absolute atomic E-state index is 10.4. The first-order valence-corrected chi connectivity index (χ1v) is 10.6. The summed E-state index contributed by atoms with van der Waals surface area (Å²) >= 11 is 0. The summed E-state index contributed by atoms with van der Waals surface area (Å²) in [5.41, 5.74) is 0. The van der Waals surface area contributed by atoms with Crippen LogP contribution in [-0.4, -0.2) is 11.1 Å². The second-order valence-corrected chi connectivity index (χ2v) is 7.14. The van der Waals surface area contributed by atoms with E-state index in [2.05, 4.69) is 19.1 Å².